The standard InChI is InChI=1S/C12H14N2O2/c1-16-12-11(3-2-5-13-12)8-14-6-4-10(7-14)9-15/h2-7,15H,8-9H2,1H3. The first-order chi connectivity index (χ1) is 7.83. The maximum absolute atomic E-state index is 8.97. The predicted molar refractivity (Wildman–Crippen MR) is 60.2 cm³/mol. The fraction of sp³-hybridized carbons (Fsp3) is 0.250. The Balaban J connectivity index is 2.19. The quantitative estimate of drug-likeness (QED) is 0.844. The molecule has 0 saturated carbocycles. The molecule has 4 nitrogen and oxygen atoms in total. The molecule has 0 bridgehead atoms. The predicted octanol–water partition coefficient (Wildman–Crippen LogP) is 1.43. The molecule has 0 amide bonds. The molecule has 0 atom stereocenters. The second-order valence-corrected chi connectivity index (χ2v) is 3.52. The number of aliphatic hydroxyl groups is 1. The van der Waals surface area contributed by atoms with Gasteiger partial charge in [-0.3, -0.25) is 0 Å². The van der Waals surface area contributed by atoms with E-state index < -0.39 is 0 Å². The van der Waals surface area contributed by atoms with E-state index in [-0.39, 0.29) is 6.61 Å². The van der Waals surface area contributed by atoms with Crippen LogP contribution >= 0.6 is 0 Å². The number of hydrogen-bond acceptors (Lipinski definition) is 3. The number of hydrogen-bond donors (Lipinski definition) is 1. The van der Waals surface area contributed by atoms with Crippen LogP contribution in [0.2, 0.25) is 0 Å². The van der Waals surface area contributed by atoms with E-state index in [4.69, 9.17) is 9.84 Å². The fourth-order valence-corrected chi connectivity index (χ4v) is 1.61. The highest BCUT2D eigenvalue weighted by Gasteiger charge is 2.04. The number of rotatable bonds is 4. The first kappa shape index (κ1) is 10.7. The highest BCUT2D eigenvalue weighted by atomic mass is 16.5. The molecule has 4 heteroatoms. The average Bonchev–Trinajstić information content (AvgIpc) is 2.77. The molecule has 0 aromatic carbocycles. The third-order valence-corrected chi connectivity index (χ3v) is 2.39. The van der Waals surface area contributed by atoms with Gasteiger partial charge in [-0.2, -0.15) is 0 Å². The van der Waals surface area contributed by atoms with Crippen molar-refractivity contribution in [1.82, 2.24) is 9.55 Å². The SMILES string of the molecule is COc1ncccc1Cn1ccc(CO)c1. The maximum atomic E-state index is 8.97. The molecule has 0 unspecified atom stereocenters. The normalized spacial score (nSPS) is 10.4. The molecule has 16 heavy (non-hydrogen) atoms. The fourth-order valence-electron chi connectivity index (χ4n) is 1.61. The molecule has 0 aliphatic rings. The van der Waals surface area contributed by atoms with Crippen LogP contribution in [0.15, 0.2) is 36.8 Å². The van der Waals surface area contributed by atoms with Crippen LogP contribution in [0.3, 0.4) is 0 Å². The molecule has 0 radical (unpaired) electrons. The first-order valence-electron chi connectivity index (χ1n) is 5.07. The van der Waals surface area contributed by atoms with Crippen molar-refractivity contribution in [3.05, 3.63) is 47.9 Å². The summed E-state index contributed by atoms with van der Waals surface area (Å²) in [4.78, 5) is 4.14. The highest BCUT2D eigenvalue weighted by molar-refractivity contribution is 5.26. The van der Waals surface area contributed by atoms with Gasteiger partial charge in [0.2, 0.25) is 5.88 Å². The Morgan fingerprint density at radius 2 is 2.31 bits per heavy atom. The van der Waals surface area contributed by atoms with Gasteiger partial charge in [0.15, 0.2) is 0 Å². The Bertz CT molecular complexity index is 466. The monoisotopic (exact) mass is 218 g/mol. The third kappa shape index (κ3) is 2.23. The molecular formula is C12H14N2O2. The van der Waals surface area contributed by atoms with E-state index in [2.05, 4.69) is 4.98 Å². The summed E-state index contributed by atoms with van der Waals surface area (Å²) in [6, 6.07) is 5.75. The molecule has 0 saturated heterocycles. The number of aliphatic hydroxyl groups excluding tert-OH is 1. The van der Waals surface area contributed by atoms with Gasteiger partial charge in [-0.1, -0.05) is 6.07 Å². The van der Waals surface area contributed by atoms with Crippen molar-refractivity contribution in [2.45, 2.75) is 13.2 Å². The number of methoxy groups -OCH3 is 1. The Labute approximate surface area is 94.1 Å². The third-order valence-electron chi connectivity index (χ3n) is 2.39. The molecule has 0 fully saturated rings. The van der Waals surface area contributed by atoms with E-state index in [1.54, 1.807) is 13.3 Å². The molecule has 1 N–H and O–H groups in total. The van der Waals surface area contributed by atoms with E-state index in [0.717, 1.165) is 11.1 Å². The Kier molecular flexibility index (Phi) is 3.22. The van der Waals surface area contributed by atoms with Gasteiger partial charge >= 0.3 is 0 Å². The van der Waals surface area contributed by atoms with Gasteiger partial charge in [0.25, 0.3) is 0 Å². The van der Waals surface area contributed by atoms with Gasteiger partial charge in [0.05, 0.1) is 20.3 Å². The lowest BCUT2D eigenvalue weighted by Gasteiger charge is -2.07. The summed E-state index contributed by atoms with van der Waals surface area (Å²) in [5, 5.41) is 8.97. The number of ether oxygens (including phenoxy) is 1. The Morgan fingerprint density at radius 1 is 1.44 bits per heavy atom. The van der Waals surface area contributed by atoms with Crippen molar-refractivity contribution in [2.75, 3.05) is 7.11 Å². The average molecular weight is 218 g/mol. The molecule has 2 aromatic heterocycles. The largest absolute Gasteiger partial charge is 0.481 e. The van der Waals surface area contributed by atoms with E-state index in [1.165, 1.54) is 0 Å². The van der Waals surface area contributed by atoms with Crippen molar-refractivity contribution in [2.24, 2.45) is 0 Å². The van der Waals surface area contributed by atoms with Crippen molar-refractivity contribution in [3.8, 4) is 5.88 Å². The lowest BCUT2D eigenvalue weighted by molar-refractivity contribution is 0.281. The zero-order valence-electron chi connectivity index (χ0n) is 9.13. The van der Waals surface area contributed by atoms with Crippen LogP contribution in [0.4, 0.5) is 0 Å². The zero-order valence-corrected chi connectivity index (χ0v) is 9.13. The van der Waals surface area contributed by atoms with E-state index in [0.29, 0.717) is 12.4 Å². The maximum Gasteiger partial charge on any atom is 0.218 e. The van der Waals surface area contributed by atoms with Crippen molar-refractivity contribution >= 4 is 0 Å². The van der Waals surface area contributed by atoms with Gasteiger partial charge in [0.1, 0.15) is 0 Å². The molecule has 2 heterocycles. The van der Waals surface area contributed by atoms with Crippen LogP contribution in [0.1, 0.15) is 11.1 Å². The van der Waals surface area contributed by atoms with E-state index in [1.807, 2.05) is 35.2 Å². The topological polar surface area (TPSA) is 47.3 Å². The molecule has 0 aliphatic carbocycles. The summed E-state index contributed by atoms with van der Waals surface area (Å²) < 4.78 is 7.17. The molecule has 2 aromatic rings. The Hall–Kier alpha value is -1.81. The molecular weight excluding hydrogens is 204 g/mol. The van der Waals surface area contributed by atoms with Crippen LogP contribution in [0, 0.1) is 0 Å². The summed E-state index contributed by atoms with van der Waals surface area (Å²) in [5.41, 5.74) is 1.92. The number of nitrogens with zero attached hydrogens (tertiary/aromatic N) is 2. The lowest BCUT2D eigenvalue weighted by Crippen LogP contribution is -2.00. The summed E-state index contributed by atoms with van der Waals surface area (Å²) in [6.45, 7) is 0.758. The van der Waals surface area contributed by atoms with Crippen molar-refractivity contribution in [3.63, 3.8) is 0 Å². The number of aromatic nitrogens is 2. The van der Waals surface area contributed by atoms with Crippen LogP contribution in [0.5, 0.6) is 5.88 Å². The van der Waals surface area contributed by atoms with Gasteiger partial charge < -0.3 is 14.4 Å². The summed E-state index contributed by atoms with van der Waals surface area (Å²) in [5.74, 6) is 0.641. The smallest absolute Gasteiger partial charge is 0.218 e. The second-order valence-electron chi connectivity index (χ2n) is 3.52. The van der Waals surface area contributed by atoms with Gasteiger partial charge in [0, 0.05) is 24.2 Å². The summed E-state index contributed by atoms with van der Waals surface area (Å²) >= 11 is 0. The van der Waals surface area contributed by atoms with E-state index >= 15 is 0 Å². The number of pyridine rings is 1. The van der Waals surface area contributed by atoms with Crippen LogP contribution in [0.25, 0.3) is 0 Å². The summed E-state index contributed by atoms with van der Waals surface area (Å²) in [7, 11) is 1.61. The Morgan fingerprint density at radius 3 is 3.00 bits per heavy atom. The van der Waals surface area contributed by atoms with Crippen molar-refractivity contribution < 1.29 is 9.84 Å². The van der Waals surface area contributed by atoms with Gasteiger partial charge in [-0.25, -0.2) is 4.98 Å². The van der Waals surface area contributed by atoms with Gasteiger partial charge in [-0.15, -0.1) is 0 Å². The zero-order chi connectivity index (χ0) is 11.4. The van der Waals surface area contributed by atoms with Crippen LogP contribution in [-0.2, 0) is 13.2 Å². The second kappa shape index (κ2) is 4.81. The molecule has 2 rings (SSSR count). The molecule has 84 valence electrons. The molecule has 0 aliphatic heterocycles. The minimum Gasteiger partial charge on any atom is -0.481 e. The molecule has 0 spiro atoms. The van der Waals surface area contributed by atoms with Crippen molar-refractivity contribution in [1.29, 1.82) is 0 Å². The van der Waals surface area contributed by atoms with Gasteiger partial charge in [-0.05, 0) is 17.7 Å². The minimum absolute atomic E-state index is 0.0666. The highest BCUT2D eigenvalue weighted by Crippen LogP contribution is 2.15. The van der Waals surface area contributed by atoms with Crippen LogP contribution in [-0.4, -0.2) is 21.8 Å². The minimum atomic E-state index is 0.0666. The summed E-state index contributed by atoms with van der Waals surface area (Å²) in [6.07, 6.45) is 5.54. The van der Waals surface area contributed by atoms with Crippen LogP contribution < -0.4 is 4.74 Å². The first-order valence-corrected chi connectivity index (χ1v) is 5.07. The lowest BCUT2D eigenvalue weighted by atomic mass is 10.2. The van der Waals surface area contributed by atoms with E-state index in [9.17, 15) is 0 Å².